The van der Waals surface area contributed by atoms with Crippen LogP contribution in [0.2, 0.25) is 0 Å². The van der Waals surface area contributed by atoms with Crippen molar-refractivity contribution in [2.75, 3.05) is 0 Å². The van der Waals surface area contributed by atoms with Crippen molar-refractivity contribution >= 4 is 33.4 Å². The number of amides is 1. The highest BCUT2D eigenvalue weighted by Crippen LogP contribution is 2.29. The zero-order chi connectivity index (χ0) is 20.5. The molecule has 29 heavy (non-hydrogen) atoms. The summed E-state index contributed by atoms with van der Waals surface area (Å²) in [6.45, 7) is 6.59. The van der Waals surface area contributed by atoms with Gasteiger partial charge in [-0.3, -0.25) is 4.79 Å². The summed E-state index contributed by atoms with van der Waals surface area (Å²) in [5.41, 5.74) is 5.95. The quantitative estimate of drug-likeness (QED) is 0.404. The van der Waals surface area contributed by atoms with Crippen molar-refractivity contribution in [2.45, 2.75) is 27.3 Å². The number of phenols is 1. The van der Waals surface area contributed by atoms with E-state index in [0.29, 0.717) is 16.8 Å². The lowest BCUT2D eigenvalue weighted by Gasteiger charge is -2.08. The van der Waals surface area contributed by atoms with Crippen LogP contribution in [0.25, 0.3) is 21.8 Å². The molecule has 6 heteroatoms. The van der Waals surface area contributed by atoms with Crippen LogP contribution in [-0.4, -0.2) is 26.3 Å². The van der Waals surface area contributed by atoms with Gasteiger partial charge >= 0.3 is 0 Å². The van der Waals surface area contributed by atoms with E-state index >= 15 is 0 Å². The Morgan fingerprint density at radius 2 is 1.97 bits per heavy atom. The third-order valence-electron chi connectivity index (χ3n) is 5.13. The predicted octanol–water partition coefficient (Wildman–Crippen LogP) is 4.38. The monoisotopic (exact) mass is 386 g/mol. The minimum atomic E-state index is -0.324. The molecular weight excluding hydrogens is 364 g/mol. The first-order valence-electron chi connectivity index (χ1n) is 9.52. The Balaban J connectivity index is 1.59. The molecule has 0 aliphatic carbocycles. The molecule has 1 amide bonds. The van der Waals surface area contributed by atoms with Crippen LogP contribution in [0.5, 0.6) is 5.75 Å². The van der Waals surface area contributed by atoms with Gasteiger partial charge in [-0.2, -0.15) is 5.10 Å². The number of fused-ring (bicyclic) bond motifs is 2. The highest BCUT2D eigenvalue weighted by Gasteiger charge is 2.12. The van der Waals surface area contributed by atoms with Crippen LogP contribution in [-0.2, 0) is 6.54 Å². The standard InChI is InChI=1S/C23H22N4O2/c1-4-27-15(3)24-20-13-17(10-12-21(20)27)23(29)26-25-14(2)18-11-9-16-7-5-6-8-19(16)22(18)28/h5-13,28H,4H2,1-3H3,(H,26,29)/b25-14+. The lowest BCUT2D eigenvalue weighted by Crippen LogP contribution is -2.19. The predicted molar refractivity (Wildman–Crippen MR) is 115 cm³/mol. The Hall–Kier alpha value is -3.67. The molecule has 0 unspecified atom stereocenters. The molecule has 1 heterocycles. The van der Waals surface area contributed by atoms with Crippen LogP contribution in [0.4, 0.5) is 0 Å². The van der Waals surface area contributed by atoms with Crippen LogP contribution in [0.15, 0.2) is 59.7 Å². The van der Waals surface area contributed by atoms with Crippen molar-refractivity contribution in [3.05, 3.63) is 71.5 Å². The number of phenolic OH excluding ortho intramolecular Hbond substituents is 1. The van der Waals surface area contributed by atoms with Crippen LogP contribution in [0.3, 0.4) is 0 Å². The van der Waals surface area contributed by atoms with Crippen molar-refractivity contribution in [2.24, 2.45) is 5.10 Å². The molecule has 4 rings (SSSR count). The summed E-state index contributed by atoms with van der Waals surface area (Å²) in [5.74, 6) is 0.747. The highest BCUT2D eigenvalue weighted by molar-refractivity contribution is 6.07. The number of imidazole rings is 1. The van der Waals surface area contributed by atoms with E-state index in [1.165, 1.54) is 0 Å². The van der Waals surface area contributed by atoms with Crippen LogP contribution >= 0.6 is 0 Å². The smallest absolute Gasteiger partial charge is 0.271 e. The largest absolute Gasteiger partial charge is 0.507 e. The van der Waals surface area contributed by atoms with Gasteiger partial charge < -0.3 is 9.67 Å². The van der Waals surface area contributed by atoms with Crippen LogP contribution < -0.4 is 5.43 Å². The van der Waals surface area contributed by atoms with Gasteiger partial charge in [0, 0.05) is 23.1 Å². The molecule has 0 aliphatic rings. The SMILES string of the molecule is CCn1c(C)nc2cc(C(=O)N/N=C(\C)c3ccc4ccccc4c3O)ccc21. The van der Waals surface area contributed by atoms with E-state index in [4.69, 9.17) is 0 Å². The average Bonchev–Trinajstić information content (AvgIpc) is 3.06. The van der Waals surface area contributed by atoms with E-state index in [0.717, 1.165) is 34.2 Å². The number of benzene rings is 3. The molecule has 4 aromatic rings. The summed E-state index contributed by atoms with van der Waals surface area (Å²) >= 11 is 0. The molecule has 0 aliphatic heterocycles. The first-order chi connectivity index (χ1) is 14.0. The maximum atomic E-state index is 12.6. The van der Waals surface area contributed by atoms with Gasteiger partial charge in [0.2, 0.25) is 0 Å². The summed E-state index contributed by atoms with van der Waals surface area (Å²) in [5, 5.41) is 16.5. The number of carbonyl (C=O) groups excluding carboxylic acids is 1. The number of nitrogens with one attached hydrogen (secondary N) is 1. The van der Waals surface area contributed by atoms with Crippen LogP contribution in [0.1, 0.15) is 35.6 Å². The summed E-state index contributed by atoms with van der Waals surface area (Å²) in [6.07, 6.45) is 0. The Kier molecular flexibility index (Phi) is 4.76. The second-order valence-corrected chi connectivity index (χ2v) is 6.93. The molecule has 0 radical (unpaired) electrons. The first kappa shape index (κ1) is 18.7. The molecule has 1 aromatic heterocycles. The number of aromatic nitrogens is 2. The second-order valence-electron chi connectivity index (χ2n) is 6.93. The third kappa shape index (κ3) is 3.33. The van der Waals surface area contributed by atoms with Gasteiger partial charge in [0.15, 0.2) is 0 Å². The fourth-order valence-electron chi connectivity index (χ4n) is 3.60. The molecule has 2 N–H and O–H groups in total. The van der Waals surface area contributed by atoms with E-state index < -0.39 is 0 Å². The van der Waals surface area contributed by atoms with E-state index in [1.54, 1.807) is 25.1 Å². The van der Waals surface area contributed by atoms with Gasteiger partial charge in [-0.1, -0.05) is 30.3 Å². The number of hydrazone groups is 1. The number of hydrogen-bond donors (Lipinski definition) is 2. The summed E-state index contributed by atoms with van der Waals surface area (Å²) in [4.78, 5) is 17.1. The maximum absolute atomic E-state index is 12.6. The Morgan fingerprint density at radius 1 is 1.17 bits per heavy atom. The lowest BCUT2D eigenvalue weighted by molar-refractivity contribution is 0.0955. The maximum Gasteiger partial charge on any atom is 0.271 e. The molecule has 0 bridgehead atoms. The molecule has 0 spiro atoms. The zero-order valence-corrected chi connectivity index (χ0v) is 16.6. The van der Waals surface area contributed by atoms with Gasteiger partial charge in [-0.05, 0) is 50.4 Å². The number of nitrogens with zero attached hydrogens (tertiary/aromatic N) is 3. The van der Waals surface area contributed by atoms with E-state index in [1.807, 2.05) is 43.3 Å². The lowest BCUT2D eigenvalue weighted by atomic mass is 10.0. The third-order valence-corrected chi connectivity index (χ3v) is 5.13. The Labute approximate surface area is 168 Å². The summed E-state index contributed by atoms with van der Waals surface area (Å²) < 4.78 is 2.10. The average molecular weight is 386 g/mol. The highest BCUT2D eigenvalue weighted by atomic mass is 16.3. The summed E-state index contributed by atoms with van der Waals surface area (Å²) in [6, 6.07) is 16.7. The molecule has 0 fully saturated rings. The van der Waals surface area contributed by atoms with Gasteiger partial charge in [0.1, 0.15) is 11.6 Å². The number of hydrogen-bond acceptors (Lipinski definition) is 4. The van der Waals surface area contributed by atoms with E-state index in [2.05, 4.69) is 27.0 Å². The molecule has 0 saturated heterocycles. The normalized spacial score (nSPS) is 11.9. The molecular formula is C23H22N4O2. The molecule has 3 aromatic carbocycles. The number of aromatic hydroxyl groups is 1. The molecule has 146 valence electrons. The topological polar surface area (TPSA) is 79.5 Å². The number of carbonyl (C=O) groups is 1. The number of rotatable bonds is 4. The van der Waals surface area contributed by atoms with Crippen molar-refractivity contribution in [3.63, 3.8) is 0 Å². The van der Waals surface area contributed by atoms with Crippen LogP contribution in [0, 0.1) is 6.92 Å². The zero-order valence-electron chi connectivity index (χ0n) is 16.6. The molecule has 0 saturated carbocycles. The Bertz CT molecular complexity index is 1270. The van der Waals surface area contributed by atoms with Crippen molar-refractivity contribution in [1.82, 2.24) is 15.0 Å². The van der Waals surface area contributed by atoms with Gasteiger partial charge in [0.25, 0.3) is 5.91 Å². The fraction of sp³-hybridized carbons (Fsp3) is 0.174. The second kappa shape index (κ2) is 7.39. The molecule has 0 atom stereocenters. The fourth-order valence-corrected chi connectivity index (χ4v) is 3.60. The van der Waals surface area contributed by atoms with Crippen molar-refractivity contribution in [3.8, 4) is 5.75 Å². The van der Waals surface area contributed by atoms with E-state index in [9.17, 15) is 9.90 Å². The van der Waals surface area contributed by atoms with E-state index in [-0.39, 0.29) is 11.7 Å². The Morgan fingerprint density at radius 3 is 2.76 bits per heavy atom. The number of aryl methyl sites for hydroxylation is 2. The van der Waals surface area contributed by atoms with Crippen molar-refractivity contribution < 1.29 is 9.90 Å². The first-order valence-corrected chi connectivity index (χ1v) is 9.52. The summed E-state index contributed by atoms with van der Waals surface area (Å²) in [7, 11) is 0. The minimum Gasteiger partial charge on any atom is -0.507 e. The van der Waals surface area contributed by atoms with Gasteiger partial charge in [0.05, 0.1) is 16.7 Å². The minimum absolute atomic E-state index is 0.153. The van der Waals surface area contributed by atoms with Gasteiger partial charge in [-0.25, -0.2) is 10.4 Å². The van der Waals surface area contributed by atoms with Gasteiger partial charge in [-0.15, -0.1) is 0 Å². The molecule has 6 nitrogen and oxygen atoms in total. The van der Waals surface area contributed by atoms with Crippen molar-refractivity contribution in [1.29, 1.82) is 0 Å².